The quantitative estimate of drug-likeness (QED) is 0.323. The summed E-state index contributed by atoms with van der Waals surface area (Å²) >= 11 is 1.86. The van der Waals surface area contributed by atoms with Crippen molar-refractivity contribution in [1.82, 2.24) is 10.2 Å². The van der Waals surface area contributed by atoms with Gasteiger partial charge in [0.25, 0.3) is 0 Å². The van der Waals surface area contributed by atoms with Crippen LogP contribution in [-0.4, -0.2) is 43.4 Å². The molecule has 2 N–H and O–H groups in total. The minimum atomic E-state index is -0.975. The molecule has 0 aromatic heterocycles. The van der Waals surface area contributed by atoms with Gasteiger partial charge in [-0.3, -0.25) is 0 Å². The Balaban J connectivity index is 0.000000171. The van der Waals surface area contributed by atoms with Gasteiger partial charge in [-0.15, -0.1) is 11.8 Å². The number of hydrogen-bond acceptors (Lipinski definition) is 3. The van der Waals surface area contributed by atoms with Crippen LogP contribution in [0.5, 0.6) is 0 Å². The molecule has 1 saturated heterocycles. The van der Waals surface area contributed by atoms with E-state index in [1.807, 2.05) is 11.8 Å². The molecular weight excluding hydrogens is 464 g/mol. The fourth-order valence-corrected chi connectivity index (χ4v) is 6.05. The SMILES string of the molecule is CSc1cccc([C@@]23CCCCC2C3)c1.O=C(NCCCN1CCCC1)Nc1ccc(F)c(F)c1. The van der Waals surface area contributed by atoms with E-state index >= 15 is 0 Å². The highest BCUT2D eigenvalue weighted by molar-refractivity contribution is 7.98. The van der Waals surface area contributed by atoms with Crippen LogP contribution in [0.15, 0.2) is 47.4 Å². The number of thioether (sulfide) groups is 1. The number of carbonyl (C=O) groups is 1. The molecule has 1 unspecified atom stereocenters. The Hall–Kier alpha value is -2.12. The number of rotatable bonds is 7. The number of nitrogens with one attached hydrogen (secondary N) is 2. The molecule has 2 aromatic rings. The monoisotopic (exact) mass is 501 g/mol. The Kier molecular flexibility index (Phi) is 9.06. The Morgan fingerprint density at radius 2 is 1.91 bits per heavy atom. The smallest absolute Gasteiger partial charge is 0.319 e. The summed E-state index contributed by atoms with van der Waals surface area (Å²) in [6, 6.07) is 12.1. The molecule has 5 rings (SSSR count). The molecule has 190 valence electrons. The number of fused-ring (bicyclic) bond motifs is 1. The predicted molar refractivity (Wildman–Crippen MR) is 140 cm³/mol. The molecular formula is C28H37F2N3OS. The maximum Gasteiger partial charge on any atom is 0.319 e. The van der Waals surface area contributed by atoms with Crippen molar-refractivity contribution in [2.45, 2.75) is 61.7 Å². The maximum atomic E-state index is 13.0. The lowest BCUT2D eigenvalue weighted by Crippen LogP contribution is -2.31. The van der Waals surface area contributed by atoms with Crippen molar-refractivity contribution >= 4 is 23.5 Å². The first-order valence-electron chi connectivity index (χ1n) is 12.9. The van der Waals surface area contributed by atoms with Gasteiger partial charge >= 0.3 is 6.03 Å². The van der Waals surface area contributed by atoms with E-state index in [4.69, 9.17) is 0 Å². The van der Waals surface area contributed by atoms with Crippen LogP contribution in [0.1, 0.15) is 56.9 Å². The predicted octanol–water partition coefficient (Wildman–Crippen LogP) is 6.81. The van der Waals surface area contributed by atoms with Crippen molar-refractivity contribution in [3.8, 4) is 0 Å². The van der Waals surface area contributed by atoms with Crippen LogP contribution < -0.4 is 10.6 Å². The van der Waals surface area contributed by atoms with Gasteiger partial charge in [0.05, 0.1) is 0 Å². The normalized spacial score (nSPS) is 23.1. The van der Waals surface area contributed by atoms with Crippen LogP contribution in [0.25, 0.3) is 0 Å². The van der Waals surface area contributed by atoms with Crippen molar-refractivity contribution in [1.29, 1.82) is 0 Å². The van der Waals surface area contributed by atoms with Gasteiger partial charge in [-0.25, -0.2) is 13.6 Å². The summed E-state index contributed by atoms with van der Waals surface area (Å²) in [6.45, 7) is 3.82. The summed E-state index contributed by atoms with van der Waals surface area (Å²) in [5.74, 6) is -0.887. The summed E-state index contributed by atoms with van der Waals surface area (Å²) < 4.78 is 25.7. The molecule has 4 nitrogen and oxygen atoms in total. The van der Waals surface area contributed by atoms with Crippen molar-refractivity contribution in [2.75, 3.05) is 37.8 Å². The highest BCUT2D eigenvalue weighted by Crippen LogP contribution is 2.62. The number of nitrogens with zero attached hydrogens (tertiary/aromatic N) is 1. The minimum Gasteiger partial charge on any atom is -0.338 e. The highest BCUT2D eigenvalue weighted by Gasteiger charge is 2.55. The lowest BCUT2D eigenvalue weighted by Gasteiger charge is -2.22. The number of benzene rings is 2. The molecule has 2 atom stereocenters. The summed E-state index contributed by atoms with van der Waals surface area (Å²) in [5, 5.41) is 5.16. The van der Waals surface area contributed by atoms with Crippen LogP contribution in [0.3, 0.4) is 0 Å². The van der Waals surface area contributed by atoms with Crippen molar-refractivity contribution < 1.29 is 13.6 Å². The molecule has 2 amide bonds. The Bertz CT molecular complexity index is 998. The third-order valence-corrected chi connectivity index (χ3v) is 8.34. The number of urea groups is 1. The zero-order valence-corrected chi connectivity index (χ0v) is 21.4. The van der Waals surface area contributed by atoms with E-state index in [2.05, 4.69) is 46.1 Å². The second-order valence-corrected chi connectivity index (χ2v) is 10.8. The molecule has 7 heteroatoms. The zero-order chi connectivity index (χ0) is 24.7. The number of carbonyl (C=O) groups excluding carboxylic acids is 1. The van der Waals surface area contributed by atoms with Crippen LogP contribution >= 0.6 is 11.8 Å². The van der Waals surface area contributed by atoms with E-state index < -0.39 is 17.7 Å². The second-order valence-electron chi connectivity index (χ2n) is 9.95. The molecule has 0 spiro atoms. The van der Waals surface area contributed by atoms with Crippen LogP contribution in [0.2, 0.25) is 0 Å². The second kappa shape index (κ2) is 12.2. The van der Waals surface area contributed by atoms with E-state index in [0.717, 1.165) is 44.1 Å². The summed E-state index contributed by atoms with van der Waals surface area (Å²) in [6.07, 6.45) is 12.8. The number of amides is 2. The van der Waals surface area contributed by atoms with Gasteiger partial charge in [-0.1, -0.05) is 25.0 Å². The van der Waals surface area contributed by atoms with Crippen molar-refractivity contribution in [3.05, 3.63) is 59.7 Å². The molecule has 1 aliphatic heterocycles. The van der Waals surface area contributed by atoms with E-state index in [0.29, 0.717) is 12.0 Å². The Labute approximate surface area is 212 Å². The molecule has 2 aromatic carbocycles. The Morgan fingerprint density at radius 3 is 2.66 bits per heavy atom. The molecule has 0 bridgehead atoms. The minimum absolute atomic E-state index is 0.237. The number of anilines is 1. The molecule has 1 heterocycles. The van der Waals surface area contributed by atoms with Gasteiger partial charge in [-0.2, -0.15) is 0 Å². The topological polar surface area (TPSA) is 44.4 Å². The fourth-order valence-electron chi connectivity index (χ4n) is 5.59. The molecule has 2 saturated carbocycles. The maximum absolute atomic E-state index is 13.0. The molecule has 3 aliphatic rings. The first-order valence-corrected chi connectivity index (χ1v) is 14.1. The van der Waals surface area contributed by atoms with Gasteiger partial charge in [0.1, 0.15) is 0 Å². The van der Waals surface area contributed by atoms with Crippen LogP contribution in [0.4, 0.5) is 19.3 Å². The van der Waals surface area contributed by atoms with Crippen LogP contribution in [-0.2, 0) is 5.41 Å². The average molecular weight is 502 g/mol. The first-order chi connectivity index (χ1) is 17.0. The van der Waals surface area contributed by atoms with E-state index in [-0.39, 0.29) is 5.69 Å². The number of halogens is 2. The molecule has 3 fully saturated rings. The Morgan fingerprint density at radius 1 is 1.09 bits per heavy atom. The molecule has 0 radical (unpaired) electrons. The van der Waals surface area contributed by atoms with Crippen molar-refractivity contribution in [3.63, 3.8) is 0 Å². The average Bonchev–Trinajstić information content (AvgIpc) is 3.41. The lowest BCUT2D eigenvalue weighted by molar-refractivity contribution is 0.251. The highest BCUT2D eigenvalue weighted by atomic mass is 32.2. The van der Waals surface area contributed by atoms with Gasteiger partial charge in [0.2, 0.25) is 0 Å². The standard InChI is InChI=1S/C14H19F2N3O.C14H18S/c15-12-5-4-11(10-13(12)16)18-14(20)17-6-3-9-19-7-1-2-8-19;1-15-13-7-4-6-11(9-13)14-8-3-2-5-12(14)10-14/h4-5,10H,1-3,6-9H2,(H2,17,18,20);4,6-7,9,12H,2-3,5,8,10H2,1H3/t;12?,14-/m.0/s1. The lowest BCUT2D eigenvalue weighted by atomic mass is 9.83. The third-order valence-electron chi connectivity index (χ3n) is 7.61. The van der Waals surface area contributed by atoms with E-state index in [9.17, 15) is 13.6 Å². The van der Waals surface area contributed by atoms with Crippen LogP contribution in [0, 0.1) is 17.6 Å². The fraction of sp³-hybridized carbons (Fsp3) is 0.536. The first kappa shape index (κ1) is 26.0. The summed E-state index contributed by atoms with van der Waals surface area (Å²) in [4.78, 5) is 15.4. The molecule has 2 aliphatic carbocycles. The molecule has 35 heavy (non-hydrogen) atoms. The van der Waals surface area contributed by atoms with E-state index in [1.165, 1.54) is 55.9 Å². The van der Waals surface area contributed by atoms with Gasteiger partial charge < -0.3 is 15.5 Å². The van der Waals surface area contributed by atoms with Crippen molar-refractivity contribution in [2.24, 2.45) is 5.92 Å². The third kappa shape index (κ3) is 6.98. The zero-order valence-electron chi connectivity index (χ0n) is 20.6. The summed E-state index contributed by atoms with van der Waals surface area (Å²) in [5.41, 5.74) is 2.48. The van der Waals surface area contributed by atoms with Gasteiger partial charge in [-0.05, 0) is 106 Å². The van der Waals surface area contributed by atoms with Gasteiger partial charge in [0.15, 0.2) is 11.6 Å². The number of hydrogen-bond donors (Lipinski definition) is 2. The van der Waals surface area contributed by atoms with E-state index in [1.54, 1.807) is 5.56 Å². The summed E-state index contributed by atoms with van der Waals surface area (Å²) in [7, 11) is 0. The number of likely N-dealkylation sites (tertiary alicyclic amines) is 1. The largest absolute Gasteiger partial charge is 0.338 e. The van der Waals surface area contributed by atoms with Gasteiger partial charge in [0, 0.05) is 23.2 Å².